The van der Waals surface area contributed by atoms with E-state index in [1.165, 1.54) is 28.1 Å². The standard InChI is InChI=1S/2C3H6O2.C2H4O2/c2*1-3(4)5-2;1-2(3)4/h2*1-2H3;1H3,(H,3,4). The normalized spacial score (nSPS) is 6.64. The van der Waals surface area contributed by atoms with Crippen molar-refractivity contribution in [1.29, 1.82) is 0 Å². The molecule has 1 N–H and O–H groups in total. The van der Waals surface area contributed by atoms with Gasteiger partial charge in [0.15, 0.2) is 0 Å². The summed E-state index contributed by atoms with van der Waals surface area (Å²) in [5, 5.41) is 7.42. The van der Waals surface area contributed by atoms with Crippen molar-refractivity contribution in [2.24, 2.45) is 0 Å². The van der Waals surface area contributed by atoms with Crippen molar-refractivity contribution in [3.05, 3.63) is 0 Å². The van der Waals surface area contributed by atoms with Crippen LogP contribution in [0.15, 0.2) is 0 Å². The second-order valence-electron chi connectivity index (χ2n) is 1.91. The highest BCUT2D eigenvalue weighted by atomic mass is 16.5. The molecule has 0 rings (SSSR count). The summed E-state index contributed by atoms with van der Waals surface area (Å²) in [7, 11) is 2.70. The lowest BCUT2D eigenvalue weighted by Gasteiger charge is -1.80. The third-order valence-electron chi connectivity index (χ3n) is 0.575. The molecule has 0 radical (unpaired) electrons. The molecule has 0 aliphatic heterocycles. The van der Waals surface area contributed by atoms with E-state index >= 15 is 0 Å². The van der Waals surface area contributed by atoms with Gasteiger partial charge in [0.05, 0.1) is 14.2 Å². The molecule has 0 bridgehead atoms. The van der Waals surface area contributed by atoms with Gasteiger partial charge in [0.2, 0.25) is 0 Å². The zero-order valence-corrected chi connectivity index (χ0v) is 8.99. The van der Waals surface area contributed by atoms with Crippen molar-refractivity contribution in [2.45, 2.75) is 20.8 Å². The molecule has 0 amide bonds. The molecule has 0 unspecified atom stereocenters. The molecule has 0 saturated heterocycles. The fourth-order valence-corrected chi connectivity index (χ4v) is 0. The molecule has 0 heterocycles. The second kappa shape index (κ2) is 14.0. The van der Waals surface area contributed by atoms with Crippen LogP contribution in [0.4, 0.5) is 0 Å². The summed E-state index contributed by atoms with van der Waals surface area (Å²) in [4.78, 5) is 28.2. The number of carboxylic acid groups (broad SMARTS) is 1. The Morgan fingerprint density at radius 2 is 0.929 bits per heavy atom. The minimum absolute atomic E-state index is 0.245. The predicted octanol–water partition coefficient (Wildman–Crippen LogP) is 0.449. The van der Waals surface area contributed by atoms with E-state index in [9.17, 15) is 9.59 Å². The molecule has 0 atom stereocenters. The van der Waals surface area contributed by atoms with Gasteiger partial charge in [-0.05, 0) is 0 Å². The highest BCUT2D eigenvalue weighted by molar-refractivity contribution is 5.65. The Labute approximate surface area is 82.8 Å². The van der Waals surface area contributed by atoms with E-state index in [4.69, 9.17) is 9.90 Å². The van der Waals surface area contributed by atoms with Gasteiger partial charge in [0.25, 0.3) is 5.97 Å². The minimum Gasteiger partial charge on any atom is -0.481 e. The van der Waals surface area contributed by atoms with Crippen LogP contribution in [-0.2, 0) is 23.9 Å². The van der Waals surface area contributed by atoms with Crippen LogP contribution in [0.5, 0.6) is 0 Å². The molecule has 0 fully saturated rings. The van der Waals surface area contributed by atoms with Gasteiger partial charge in [0.1, 0.15) is 0 Å². The maximum atomic E-state index is 9.59. The van der Waals surface area contributed by atoms with Gasteiger partial charge in [-0.25, -0.2) is 0 Å². The number of hydrogen-bond acceptors (Lipinski definition) is 5. The topological polar surface area (TPSA) is 89.9 Å². The van der Waals surface area contributed by atoms with Crippen molar-refractivity contribution >= 4 is 17.9 Å². The van der Waals surface area contributed by atoms with Gasteiger partial charge in [-0.15, -0.1) is 0 Å². The first-order valence-electron chi connectivity index (χ1n) is 3.56. The highest BCUT2D eigenvalue weighted by Crippen LogP contribution is 1.60. The Kier molecular flexibility index (Phi) is 18.2. The van der Waals surface area contributed by atoms with Gasteiger partial charge in [0, 0.05) is 20.8 Å². The number of aliphatic carboxylic acids is 1. The summed E-state index contributed by atoms with van der Waals surface area (Å²) in [5.74, 6) is -1.32. The Hall–Kier alpha value is -1.59. The van der Waals surface area contributed by atoms with E-state index in [0.717, 1.165) is 6.92 Å². The zero-order valence-electron chi connectivity index (χ0n) is 8.99. The Morgan fingerprint density at radius 3 is 0.929 bits per heavy atom. The van der Waals surface area contributed by atoms with Gasteiger partial charge < -0.3 is 14.6 Å². The third-order valence-corrected chi connectivity index (χ3v) is 0.575. The Balaban J connectivity index is -0.000000131. The summed E-state index contributed by atoms with van der Waals surface area (Å²) in [6.07, 6.45) is 0. The molecule has 84 valence electrons. The smallest absolute Gasteiger partial charge is 0.302 e. The first-order chi connectivity index (χ1) is 6.27. The average Bonchev–Trinajstić information content (AvgIpc) is 2.04. The number of carboxylic acids is 1. The molecule has 0 aromatic heterocycles. The zero-order chi connectivity index (χ0) is 12.1. The van der Waals surface area contributed by atoms with Crippen LogP contribution in [0.2, 0.25) is 0 Å². The van der Waals surface area contributed by atoms with Crippen molar-refractivity contribution in [1.82, 2.24) is 0 Å². The van der Waals surface area contributed by atoms with Gasteiger partial charge in [-0.2, -0.15) is 0 Å². The summed E-state index contributed by atoms with van der Waals surface area (Å²) >= 11 is 0. The van der Waals surface area contributed by atoms with Gasteiger partial charge in [-0.3, -0.25) is 14.4 Å². The first-order valence-corrected chi connectivity index (χ1v) is 3.56. The summed E-state index contributed by atoms with van der Waals surface area (Å²) in [6.45, 7) is 3.81. The number of methoxy groups -OCH3 is 2. The lowest BCUT2D eigenvalue weighted by molar-refractivity contribution is -0.138. The van der Waals surface area contributed by atoms with Crippen LogP contribution in [0.3, 0.4) is 0 Å². The lowest BCUT2D eigenvalue weighted by atomic mass is 10.8. The maximum absolute atomic E-state index is 9.59. The predicted molar refractivity (Wildman–Crippen MR) is 48.7 cm³/mol. The molecule has 0 aliphatic carbocycles. The van der Waals surface area contributed by atoms with Crippen molar-refractivity contribution in [2.75, 3.05) is 14.2 Å². The molecule has 0 aromatic rings. The van der Waals surface area contributed by atoms with Crippen molar-refractivity contribution < 1.29 is 29.0 Å². The molecule has 14 heavy (non-hydrogen) atoms. The van der Waals surface area contributed by atoms with Crippen LogP contribution < -0.4 is 0 Å². The molecule has 6 nitrogen and oxygen atoms in total. The molecule has 0 saturated carbocycles. The Bertz CT molecular complexity index is 157. The number of esters is 2. The quantitative estimate of drug-likeness (QED) is 0.581. The number of carbonyl (C=O) groups is 3. The number of hydrogen-bond donors (Lipinski definition) is 1. The van der Waals surface area contributed by atoms with Crippen molar-refractivity contribution in [3.63, 3.8) is 0 Å². The highest BCUT2D eigenvalue weighted by Gasteiger charge is 1.76. The lowest BCUT2D eigenvalue weighted by Crippen LogP contribution is -1.88. The van der Waals surface area contributed by atoms with Crippen LogP contribution in [0.1, 0.15) is 20.8 Å². The summed E-state index contributed by atoms with van der Waals surface area (Å²) in [6, 6.07) is 0. The Morgan fingerprint density at radius 1 is 0.857 bits per heavy atom. The first kappa shape index (κ1) is 18.2. The largest absolute Gasteiger partial charge is 0.481 e. The van der Waals surface area contributed by atoms with Crippen LogP contribution in [0.25, 0.3) is 0 Å². The molecular formula is C8H16O6. The number of ether oxygens (including phenoxy) is 2. The molecule has 6 heteroatoms. The second-order valence-corrected chi connectivity index (χ2v) is 1.91. The molecule has 0 aromatic carbocycles. The maximum Gasteiger partial charge on any atom is 0.302 e. The van der Waals surface area contributed by atoms with E-state index in [2.05, 4.69) is 9.47 Å². The molecule has 0 aliphatic rings. The van der Waals surface area contributed by atoms with Crippen LogP contribution >= 0.6 is 0 Å². The average molecular weight is 208 g/mol. The monoisotopic (exact) mass is 208 g/mol. The number of rotatable bonds is 0. The van der Waals surface area contributed by atoms with E-state index in [1.807, 2.05) is 0 Å². The fraction of sp³-hybridized carbons (Fsp3) is 0.625. The van der Waals surface area contributed by atoms with E-state index in [-0.39, 0.29) is 11.9 Å². The molecule has 0 spiro atoms. The van der Waals surface area contributed by atoms with Crippen molar-refractivity contribution in [3.8, 4) is 0 Å². The van der Waals surface area contributed by atoms with E-state index in [0.29, 0.717) is 0 Å². The van der Waals surface area contributed by atoms with Gasteiger partial charge in [-0.1, -0.05) is 0 Å². The van der Waals surface area contributed by atoms with Crippen LogP contribution in [0, 0.1) is 0 Å². The van der Waals surface area contributed by atoms with E-state index < -0.39 is 5.97 Å². The fourth-order valence-electron chi connectivity index (χ4n) is 0. The van der Waals surface area contributed by atoms with Gasteiger partial charge >= 0.3 is 11.9 Å². The number of carbonyl (C=O) groups excluding carboxylic acids is 2. The minimum atomic E-state index is -0.833. The third kappa shape index (κ3) is 159. The van der Waals surface area contributed by atoms with E-state index in [1.54, 1.807) is 0 Å². The SMILES string of the molecule is CC(=O)O.COC(C)=O.COC(C)=O. The summed E-state index contributed by atoms with van der Waals surface area (Å²) < 4.78 is 8.22. The molecular weight excluding hydrogens is 192 g/mol. The summed E-state index contributed by atoms with van der Waals surface area (Å²) in [5.41, 5.74) is 0. The van der Waals surface area contributed by atoms with Crippen LogP contribution in [-0.4, -0.2) is 37.2 Å².